The van der Waals surface area contributed by atoms with Crippen molar-refractivity contribution >= 4 is 17.5 Å². The molecule has 2 aromatic rings. The van der Waals surface area contributed by atoms with E-state index in [-0.39, 0.29) is 23.1 Å². The number of ether oxygens (including phenoxy) is 1. The number of nitrogens with zero attached hydrogens (tertiary/aromatic N) is 1. The van der Waals surface area contributed by atoms with Gasteiger partial charge in [0.25, 0.3) is 5.91 Å². The maximum atomic E-state index is 12.7. The molecule has 2 N–H and O–H groups in total. The highest BCUT2D eigenvalue weighted by atomic mass is 16.5. The zero-order valence-electron chi connectivity index (χ0n) is 16.5. The molecule has 1 saturated carbocycles. The lowest BCUT2D eigenvalue weighted by molar-refractivity contribution is -0.116. The number of fused-ring (bicyclic) bond motifs is 2. The van der Waals surface area contributed by atoms with Gasteiger partial charge in [0, 0.05) is 35.7 Å². The SMILES string of the molecule is CNC(=O)c1ccc2c(c1)OCC[C@]21C[C@H]1CC(=O)Nc1cc(C#N)ccc1C. The smallest absolute Gasteiger partial charge is 0.251 e. The third-order valence-electron chi connectivity index (χ3n) is 6.12. The first kappa shape index (κ1) is 19.0. The average Bonchev–Trinajstić information content (AvgIpc) is 3.40. The molecule has 1 aliphatic carbocycles. The van der Waals surface area contributed by atoms with Crippen molar-refractivity contribution in [3.8, 4) is 11.8 Å². The topological polar surface area (TPSA) is 91.2 Å². The van der Waals surface area contributed by atoms with Gasteiger partial charge in [0.15, 0.2) is 0 Å². The summed E-state index contributed by atoms with van der Waals surface area (Å²) in [4.78, 5) is 24.5. The molecule has 6 nitrogen and oxygen atoms in total. The van der Waals surface area contributed by atoms with Crippen molar-refractivity contribution in [2.45, 2.75) is 31.6 Å². The molecule has 0 saturated heterocycles. The van der Waals surface area contributed by atoms with Crippen LogP contribution >= 0.6 is 0 Å². The molecule has 4 rings (SSSR count). The van der Waals surface area contributed by atoms with Crippen molar-refractivity contribution in [3.05, 3.63) is 58.7 Å². The third-order valence-corrected chi connectivity index (χ3v) is 6.12. The van der Waals surface area contributed by atoms with Crippen LogP contribution in [0.3, 0.4) is 0 Å². The first-order chi connectivity index (χ1) is 14.0. The van der Waals surface area contributed by atoms with Gasteiger partial charge in [-0.15, -0.1) is 0 Å². The van der Waals surface area contributed by atoms with E-state index in [1.165, 1.54) is 0 Å². The van der Waals surface area contributed by atoms with Gasteiger partial charge >= 0.3 is 0 Å². The number of nitriles is 1. The molecule has 0 bridgehead atoms. The van der Waals surface area contributed by atoms with Crippen molar-refractivity contribution in [3.63, 3.8) is 0 Å². The van der Waals surface area contributed by atoms with E-state index in [2.05, 4.69) is 16.7 Å². The van der Waals surface area contributed by atoms with Crippen LogP contribution in [0.2, 0.25) is 0 Å². The summed E-state index contributed by atoms with van der Waals surface area (Å²) in [6.45, 7) is 2.50. The molecular weight excluding hydrogens is 366 g/mol. The number of carbonyl (C=O) groups is 2. The predicted molar refractivity (Wildman–Crippen MR) is 109 cm³/mol. The summed E-state index contributed by atoms with van der Waals surface area (Å²) < 4.78 is 5.81. The van der Waals surface area contributed by atoms with Gasteiger partial charge in [-0.1, -0.05) is 12.1 Å². The first-order valence-corrected chi connectivity index (χ1v) is 9.77. The maximum absolute atomic E-state index is 12.7. The fourth-order valence-corrected chi connectivity index (χ4v) is 4.35. The minimum Gasteiger partial charge on any atom is -0.493 e. The summed E-state index contributed by atoms with van der Waals surface area (Å²) >= 11 is 0. The molecule has 6 heteroatoms. The number of rotatable bonds is 4. The fraction of sp³-hybridized carbons (Fsp3) is 0.348. The van der Waals surface area contributed by atoms with Crippen LogP contribution in [0.5, 0.6) is 5.75 Å². The van der Waals surface area contributed by atoms with Crippen LogP contribution in [-0.4, -0.2) is 25.5 Å². The lowest BCUT2D eigenvalue weighted by Crippen LogP contribution is -2.25. The summed E-state index contributed by atoms with van der Waals surface area (Å²) in [5.41, 5.74) is 3.77. The van der Waals surface area contributed by atoms with Crippen molar-refractivity contribution < 1.29 is 14.3 Å². The normalized spacial score (nSPS) is 21.5. The van der Waals surface area contributed by atoms with E-state index >= 15 is 0 Å². The number of aryl methyl sites for hydroxylation is 1. The van der Waals surface area contributed by atoms with Crippen LogP contribution in [0, 0.1) is 24.2 Å². The van der Waals surface area contributed by atoms with Gasteiger partial charge in [0.05, 0.1) is 18.2 Å². The van der Waals surface area contributed by atoms with Gasteiger partial charge in [-0.05, 0) is 55.5 Å². The van der Waals surface area contributed by atoms with E-state index in [1.807, 2.05) is 25.1 Å². The second kappa shape index (κ2) is 7.25. The molecule has 1 spiro atoms. The molecular formula is C23H23N3O3. The molecule has 2 aliphatic rings. The van der Waals surface area contributed by atoms with E-state index in [9.17, 15) is 9.59 Å². The molecule has 1 aliphatic heterocycles. The van der Waals surface area contributed by atoms with Gasteiger partial charge in [-0.3, -0.25) is 9.59 Å². The van der Waals surface area contributed by atoms with Crippen LogP contribution in [-0.2, 0) is 10.2 Å². The number of carbonyl (C=O) groups excluding carboxylic acids is 2. The molecule has 2 amide bonds. The number of hydrogen-bond donors (Lipinski definition) is 2. The van der Waals surface area contributed by atoms with Gasteiger partial charge in [-0.25, -0.2) is 0 Å². The molecule has 0 radical (unpaired) electrons. The van der Waals surface area contributed by atoms with Gasteiger partial charge in [0.2, 0.25) is 5.91 Å². The maximum Gasteiger partial charge on any atom is 0.251 e. The van der Waals surface area contributed by atoms with Crippen molar-refractivity contribution in [2.24, 2.45) is 5.92 Å². The molecule has 0 aromatic heterocycles. The summed E-state index contributed by atoms with van der Waals surface area (Å²) in [6, 6.07) is 13.0. The van der Waals surface area contributed by atoms with Crippen LogP contribution < -0.4 is 15.4 Å². The van der Waals surface area contributed by atoms with Crippen molar-refractivity contribution in [1.82, 2.24) is 5.32 Å². The molecule has 1 fully saturated rings. The molecule has 148 valence electrons. The average molecular weight is 389 g/mol. The lowest BCUT2D eigenvalue weighted by Gasteiger charge is -2.27. The summed E-state index contributed by atoms with van der Waals surface area (Å²) in [5, 5.41) is 14.7. The molecule has 0 unspecified atom stereocenters. The minimum absolute atomic E-state index is 0.0416. The molecule has 2 aromatic carbocycles. The molecule has 29 heavy (non-hydrogen) atoms. The van der Waals surface area contributed by atoms with Crippen LogP contribution in [0.15, 0.2) is 36.4 Å². The highest BCUT2D eigenvalue weighted by molar-refractivity contribution is 5.95. The standard InChI is InChI=1S/C23H23N3O3/c1-14-3-4-15(13-24)9-19(14)26-21(27)11-17-12-23(17)7-8-29-20-10-16(22(28)25-2)5-6-18(20)23/h3-6,9-10,17H,7-8,11-12H2,1-2H3,(H,25,28)(H,26,27)/t17-,23-/m1/s1. The number of benzene rings is 2. The number of amides is 2. The number of nitrogens with one attached hydrogen (secondary N) is 2. The Kier molecular flexibility index (Phi) is 4.75. The van der Waals surface area contributed by atoms with E-state index in [0.29, 0.717) is 29.8 Å². The monoisotopic (exact) mass is 389 g/mol. The van der Waals surface area contributed by atoms with E-state index in [4.69, 9.17) is 10.00 Å². The Hall–Kier alpha value is -3.33. The fourth-order valence-electron chi connectivity index (χ4n) is 4.35. The summed E-state index contributed by atoms with van der Waals surface area (Å²) in [6.07, 6.45) is 2.24. The Morgan fingerprint density at radius 2 is 2.10 bits per heavy atom. The highest BCUT2D eigenvalue weighted by Gasteiger charge is 2.57. The Balaban J connectivity index is 1.48. The third kappa shape index (κ3) is 3.44. The minimum atomic E-state index is -0.141. The highest BCUT2D eigenvalue weighted by Crippen LogP contribution is 2.62. The zero-order valence-corrected chi connectivity index (χ0v) is 16.5. The zero-order chi connectivity index (χ0) is 20.6. The van der Waals surface area contributed by atoms with Gasteiger partial charge in [-0.2, -0.15) is 5.26 Å². The van der Waals surface area contributed by atoms with E-state index in [1.54, 1.807) is 25.2 Å². The van der Waals surface area contributed by atoms with E-state index in [0.717, 1.165) is 29.7 Å². The quantitative estimate of drug-likeness (QED) is 0.839. The number of hydrogen-bond acceptors (Lipinski definition) is 4. The van der Waals surface area contributed by atoms with Crippen LogP contribution in [0.4, 0.5) is 5.69 Å². The second-order valence-electron chi connectivity index (χ2n) is 7.84. The predicted octanol–water partition coefficient (Wildman–Crippen LogP) is 3.30. The number of anilines is 1. The summed E-state index contributed by atoms with van der Waals surface area (Å²) in [7, 11) is 1.60. The van der Waals surface area contributed by atoms with Crippen molar-refractivity contribution in [2.75, 3.05) is 19.0 Å². The van der Waals surface area contributed by atoms with Gasteiger partial charge < -0.3 is 15.4 Å². The Morgan fingerprint density at radius 1 is 1.28 bits per heavy atom. The lowest BCUT2D eigenvalue weighted by atomic mass is 9.86. The summed E-state index contributed by atoms with van der Waals surface area (Å²) in [5.74, 6) is 0.811. The Bertz CT molecular complexity index is 1040. The van der Waals surface area contributed by atoms with Crippen molar-refractivity contribution in [1.29, 1.82) is 5.26 Å². The molecule has 1 heterocycles. The first-order valence-electron chi connectivity index (χ1n) is 9.77. The Morgan fingerprint density at radius 3 is 2.86 bits per heavy atom. The van der Waals surface area contributed by atoms with Crippen LogP contribution in [0.1, 0.15) is 46.3 Å². The Labute approximate surface area is 169 Å². The van der Waals surface area contributed by atoms with E-state index < -0.39 is 0 Å². The molecule has 2 atom stereocenters. The van der Waals surface area contributed by atoms with Crippen LogP contribution in [0.25, 0.3) is 0 Å². The van der Waals surface area contributed by atoms with Gasteiger partial charge in [0.1, 0.15) is 5.75 Å². The largest absolute Gasteiger partial charge is 0.493 e. The second-order valence-corrected chi connectivity index (χ2v) is 7.84.